The quantitative estimate of drug-likeness (QED) is 0.541. The maximum absolute atomic E-state index is 13.3. The predicted octanol–water partition coefficient (Wildman–Crippen LogP) is 3.26. The summed E-state index contributed by atoms with van der Waals surface area (Å²) in [5.41, 5.74) is -0.895. The van der Waals surface area contributed by atoms with E-state index in [1.807, 2.05) is 0 Å². The number of rotatable bonds is 3. The number of aromatic nitrogens is 4. The number of pyridine rings is 2. The van der Waals surface area contributed by atoms with Crippen LogP contribution in [0.15, 0.2) is 48.9 Å². The molecule has 24 heavy (non-hydrogen) atoms. The first-order chi connectivity index (χ1) is 11.4. The minimum absolute atomic E-state index is 0.0653. The highest BCUT2D eigenvalue weighted by molar-refractivity contribution is 5.58. The van der Waals surface area contributed by atoms with Crippen LogP contribution in [-0.4, -0.2) is 24.7 Å². The topological polar surface area (TPSA) is 86.7 Å². The van der Waals surface area contributed by atoms with Crippen LogP contribution in [-0.2, 0) is 6.18 Å². The van der Waals surface area contributed by atoms with Gasteiger partial charge in [-0.3, -0.25) is 15.1 Å². The molecule has 0 N–H and O–H groups in total. The molecule has 122 valence electrons. The molecule has 0 aliphatic heterocycles. The molecule has 0 atom stereocenters. The van der Waals surface area contributed by atoms with Gasteiger partial charge in [0.1, 0.15) is 6.20 Å². The number of alkyl halides is 3. The summed E-state index contributed by atoms with van der Waals surface area (Å²) in [5.74, 6) is -0.178. The average Bonchev–Trinajstić information content (AvgIpc) is 3.01. The van der Waals surface area contributed by atoms with Gasteiger partial charge in [-0.25, -0.2) is 9.67 Å². The molecule has 3 rings (SSSR count). The Balaban J connectivity index is 2.12. The van der Waals surface area contributed by atoms with Crippen molar-refractivity contribution in [1.29, 1.82) is 0 Å². The first-order valence-corrected chi connectivity index (χ1v) is 6.55. The molecule has 3 heterocycles. The fourth-order valence-corrected chi connectivity index (χ4v) is 2.02. The third-order valence-corrected chi connectivity index (χ3v) is 3.12. The van der Waals surface area contributed by atoms with Crippen LogP contribution in [0.25, 0.3) is 17.1 Å². The van der Waals surface area contributed by atoms with E-state index in [4.69, 9.17) is 0 Å². The molecule has 0 amide bonds. The van der Waals surface area contributed by atoms with Crippen LogP contribution in [0.5, 0.6) is 0 Å². The van der Waals surface area contributed by atoms with E-state index < -0.39 is 16.8 Å². The van der Waals surface area contributed by atoms with Gasteiger partial charge in [-0.05, 0) is 24.3 Å². The predicted molar refractivity (Wildman–Crippen MR) is 76.2 cm³/mol. The molecule has 0 spiro atoms. The Kier molecular flexibility index (Phi) is 3.72. The van der Waals surface area contributed by atoms with Crippen molar-refractivity contribution in [3.05, 3.63) is 64.7 Å². The van der Waals surface area contributed by atoms with Crippen LogP contribution < -0.4 is 0 Å². The minimum atomic E-state index is -4.67. The summed E-state index contributed by atoms with van der Waals surface area (Å²) < 4.78 is 40.4. The van der Waals surface area contributed by atoms with Crippen molar-refractivity contribution >= 4 is 5.69 Å². The fraction of sp³-hybridized carbons (Fsp3) is 0.0714. The summed E-state index contributed by atoms with van der Waals surface area (Å²) in [5, 5.41) is 14.5. The molecule has 0 radical (unpaired) electrons. The van der Waals surface area contributed by atoms with Crippen LogP contribution in [0.1, 0.15) is 5.69 Å². The Morgan fingerprint density at radius 2 is 1.96 bits per heavy atom. The second-order valence-electron chi connectivity index (χ2n) is 4.70. The van der Waals surface area contributed by atoms with Crippen molar-refractivity contribution in [2.75, 3.05) is 0 Å². The first kappa shape index (κ1) is 15.6. The van der Waals surface area contributed by atoms with Gasteiger partial charge in [0.2, 0.25) is 0 Å². The van der Waals surface area contributed by atoms with Crippen molar-refractivity contribution in [3.8, 4) is 17.1 Å². The summed E-state index contributed by atoms with van der Waals surface area (Å²) >= 11 is 0. The van der Waals surface area contributed by atoms with Gasteiger partial charge in [0.15, 0.2) is 11.5 Å². The lowest BCUT2D eigenvalue weighted by Crippen LogP contribution is -2.14. The molecule has 3 aromatic rings. The molecule has 0 bridgehead atoms. The Bertz CT molecular complexity index is 876. The second kappa shape index (κ2) is 5.72. The number of halogens is 3. The number of hydrogen-bond acceptors (Lipinski definition) is 5. The normalized spacial score (nSPS) is 11.5. The van der Waals surface area contributed by atoms with Gasteiger partial charge in [-0.15, -0.1) is 0 Å². The Morgan fingerprint density at radius 3 is 2.50 bits per heavy atom. The van der Waals surface area contributed by atoms with Gasteiger partial charge in [0, 0.05) is 24.0 Å². The van der Waals surface area contributed by atoms with Gasteiger partial charge in [-0.2, -0.15) is 18.3 Å². The minimum Gasteiger partial charge on any atom is -0.264 e. The fourth-order valence-electron chi connectivity index (χ4n) is 2.02. The standard InChI is InChI=1S/C14H8F3N5O2/c15-14(16,17)12-6-11(9-2-1-5-18-7-9)20-21(12)13-4-3-10(8-19-13)22(23)24/h1-8H. The van der Waals surface area contributed by atoms with E-state index in [0.29, 0.717) is 10.2 Å². The van der Waals surface area contributed by atoms with Crippen molar-refractivity contribution in [2.45, 2.75) is 6.18 Å². The SMILES string of the molecule is O=[N+]([O-])c1ccc(-n2nc(-c3cccnc3)cc2C(F)(F)F)nc1. The van der Waals surface area contributed by atoms with E-state index >= 15 is 0 Å². The summed E-state index contributed by atoms with van der Waals surface area (Å²) in [4.78, 5) is 17.5. The van der Waals surface area contributed by atoms with Crippen LogP contribution in [0.3, 0.4) is 0 Å². The Hall–Kier alpha value is -3.30. The van der Waals surface area contributed by atoms with Crippen molar-refractivity contribution in [2.24, 2.45) is 0 Å². The molecule has 0 aromatic carbocycles. The lowest BCUT2D eigenvalue weighted by atomic mass is 10.2. The molecule has 10 heteroatoms. The largest absolute Gasteiger partial charge is 0.433 e. The van der Waals surface area contributed by atoms with Gasteiger partial charge in [-0.1, -0.05) is 0 Å². The summed E-state index contributed by atoms with van der Waals surface area (Å²) in [6.45, 7) is 0. The van der Waals surface area contributed by atoms with Crippen molar-refractivity contribution in [3.63, 3.8) is 0 Å². The van der Waals surface area contributed by atoms with E-state index in [1.54, 1.807) is 12.1 Å². The van der Waals surface area contributed by atoms with Gasteiger partial charge in [0.25, 0.3) is 5.69 Å². The van der Waals surface area contributed by atoms with E-state index in [1.165, 1.54) is 12.4 Å². The zero-order valence-electron chi connectivity index (χ0n) is 11.8. The van der Waals surface area contributed by atoms with Crippen LogP contribution >= 0.6 is 0 Å². The van der Waals surface area contributed by atoms with E-state index in [2.05, 4.69) is 15.1 Å². The molecule has 3 aromatic heterocycles. The lowest BCUT2D eigenvalue weighted by Gasteiger charge is -2.08. The molecule has 7 nitrogen and oxygen atoms in total. The van der Waals surface area contributed by atoms with Gasteiger partial charge >= 0.3 is 6.18 Å². The average molecular weight is 335 g/mol. The molecule has 0 saturated heterocycles. The molecule has 0 aliphatic rings. The first-order valence-electron chi connectivity index (χ1n) is 6.55. The van der Waals surface area contributed by atoms with Crippen LogP contribution in [0, 0.1) is 10.1 Å². The third-order valence-electron chi connectivity index (χ3n) is 3.12. The molecule has 0 aliphatic carbocycles. The second-order valence-corrected chi connectivity index (χ2v) is 4.70. The summed E-state index contributed by atoms with van der Waals surface area (Å²) in [6.07, 6.45) is -0.920. The highest BCUT2D eigenvalue weighted by Crippen LogP contribution is 2.33. The molecular weight excluding hydrogens is 327 g/mol. The van der Waals surface area contributed by atoms with E-state index in [-0.39, 0.29) is 17.2 Å². The van der Waals surface area contributed by atoms with Crippen LogP contribution in [0.4, 0.5) is 18.9 Å². The van der Waals surface area contributed by atoms with Gasteiger partial charge in [0.05, 0.1) is 10.6 Å². The summed E-state index contributed by atoms with van der Waals surface area (Å²) in [6, 6.07) is 6.19. The monoisotopic (exact) mass is 335 g/mol. The molecule has 0 unspecified atom stereocenters. The lowest BCUT2D eigenvalue weighted by molar-refractivity contribution is -0.385. The van der Waals surface area contributed by atoms with Crippen molar-refractivity contribution < 1.29 is 18.1 Å². The zero-order chi connectivity index (χ0) is 17.3. The van der Waals surface area contributed by atoms with E-state index in [9.17, 15) is 23.3 Å². The Morgan fingerprint density at radius 1 is 1.17 bits per heavy atom. The number of nitro groups is 1. The van der Waals surface area contributed by atoms with Gasteiger partial charge < -0.3 is 0 Å². The zero-order valence-corrected chi connectivity index (χ0v) is 11.8. The van der Waals surface area contributed by atoms with Crippen LogP contribution in [0.2, 0.25) is 0 Å². The number of nitrogens with zero attached hydrogens (tertiary/aromatic N) is 5. The highest BCUT2D eigenvalue weighted by atomic mass is 19.4. The highest BCUT2D eigenvalue weighted by Gasteiger charge is 2.36. The maximum atomic E-state index is 13.3. The molecular formula is C14H8F3N5O2. The number of hydrogen-bond donors (Lipinski definition) is 0. The third kappa shape index (κ3) is 2.93. The molecule has 0 saturated carbocycles. The molecule has 0 fully saturated rings. The Labute approximate surface area is 132 Å². The smallest absolute Gasteiger partial charge is 0.264 e. The summed E-state index contributed by atoms with van der Waals surface area (Å²) in [7, 11) is 0. The van der Waals surface area contributed by atoms with E-state index in [0.717, 1.165) is 24.4 Å². The van der Waals surface area contributed by atoms with Crippen molar-refractivity contribution in [1.82, 2.24) is 19.7 Å². The maximum Gasteiger partial charge on any atom is 0.433 e.